The smallest absolute Gasteiger partial charge is 0.287 e. The van der Waals surface area contributed by atoms with Gasteiger partial charge in [0, 0.05) is 12.1 Å². The number of nitrogens with one attached hydrogen (secondary N) is 2. The van der Waals surface area contributed by atoms with E-state index in [4.69, 9.17) is 9.15 Å². The van der Waals surface area contributed by atoms with Crippen molar-refractivity contribution >= 4 is 17.5 Å². The minimum atomic E-state index is -0.758. The van der Waals surface area contributed by atoms with E-state index < -0.39 is 11.9 Å². The molecule has 0 spiro atoms. The predicted molar refractivity (Wildman–Crippen MR) is 106 cm³/mol. The highest BCUT2D eigenvalue weighted by atomic mass is 16.5. The van der Waals surface area contributed by atoms with Crippen molar-refractivity contribution < 1.29 is 18.7 Å². The molecule has 0 saturated carbocycles. The van der Waals surface area contributed by atoms with E-state index in [1.807, 2.05) is 37.3 Å². The molecule has 2 aromatic carbocycles. The molecule has 1 aromatic heterocycles. The van der Waals surface area contributed by atoms with Crippen molar-refractivity contribution in [1.29, 1.82) is 0 Å². The largest absolute Gasteiger partial charge is 0.494 e. The summed E-state index contributed by atoms with van der Waals surface area (Å²) < 4.78 is 10.5. The van der Waals surface area contributed by atoms with Gasteiger partial charge in [0.05, 0.1) is 12.9 Å². The topological polar surface area (TPSA) is 80.6 Å². The monoisotopic (exact) mass is 378 g/mol. The summed E-state index contributed by atoms with van der Waals surface area (Å²) in [5.74, 6) is 0.139. The average Bonchev–Trinajstić information content (AvgIpc) is 3.25. The third-order valence-corrected chi connectivity index (χ3v) is 4.08. The summed E-state index contributed by atoms with van der Waals surface area (Å²) in [6.45, 7) is 2.48. The SMILES string of the molecule is CCOc1ccc(NC(=O)C(Cc2ccccc2)NC(=O)c2ccco2)cc1. The minimum Gasteiger partial charge on any atom is -0.494 e. The Labute approximate surface area is 163 Å². The molecule has 28 heavy (non-hydrogen) atoms. The van der Waals surface area contributed by atoms with Gasteiger partial charge in [0.25, 0.3) is 5.91 Å². The van der Waals surface area contributed by atoms with Crippen molar-refractivity contribution in [3.8, 4) is 5.75 Å². The molecule has 1 unspecified atom stereocenters. The van der Waals surface area contributed by atoms with Crippen LogP contribution in [0.4, 0.5) is 5.69 Å². The number of carbonyl (C=O) groups is 2. The second-order valence-electron chi connectivity index (χ2n) is 6.14. The average molecular weight is 378 g/mol. The molecular formula is C22H22N2O4. The van der Waals surface area contributed by atoms with Gasteiger partial charge in [0.2, 0.25) is 5.91 Å². The maximum atomic E-state index is 12.8. The molecule has 0 aliphatic heterocycles. The summed E-state index contributed by atoms with van der Waals surface area (Å²) in [6, 6.07) is 19.0. The van der Waals surface area contributed by atoms with Gasteiger partial charge in [-0.05, 0) is 48.9 Å². The zero-order valence-corrected chi connectivity index (χ0v) is 15.6. The molecule has 0 saturated heterocycles. The number of benzene rings is 2. The molecule has 0 aliphatic carbocycles. The van der Waals surface area contributed by atoms with Gasteiger partial charge < -0.3 is 19.8 Å². The van der Waals surface area contributed by atoms with Crippen LogP contribution in [0, 0.1) is 0 Å². The van der Waals surface area contributed by atoms with Crippen LogP contribution < -0.4 is 15.4 Å². The molecule has 144 valence electrons. The highest BCUT2D eigenvalue weighted by Gasteiger charge is 2.23. The fourth-order valence-corrected chi connectivity index (χ4v) is 2.73. The molecule has 0 fully saturated rings. The number of rotatable bonds is 8. The van der Waals surface area contributed by atoms with Gasteiger partial charge >= 0.3 is 0 Å². The first-order valence-electron chi connectivity index (χ1n) is 9.07. The van der Waals surface area contributed by atoms with Gasteiger partial charge in [-0.15, -0.1) is 0 Å². The summed E-state index contributed by atoms with van der Waals surface area (Å²) in [7, 11) is 0. The van der Waals surface area contributed by atoms with Gasteiger partial charge in [-0.3, -0.25) is 9.59 Å². The Morgan fingerprint density at radius 1 is 1.00 bits per heavy atom. The van der Waals surface area contributed by atoms with Crippen LogP contribution in [-0.2, 0) is 11.2 Å². The van der Waals surface area contributed by atoms with Crippen LogP contribution in [0.2, 0.25) is 0 Å². The quantitative estimate of drug-likeness (QED) is 0.627. The highest BCUT2D eigenvalue weighted by Crippen LogP contribution is 2.16. The maximum absolute atomic E-state index is 12.8. The van der Waals surface area contributed by atoms with Crippen LogP contribution in [0.3, 0.4) is 0 Å². The molecule has 6 heteroatoms. The first-order chi connectivity index (χ1) is 13.7. The number of anilines is 1. The Balaban J connectivity index is 1.72. The lowest BCUT2D eigenvalue weighted by Gasteiger charge is -2.18. The number of hydrogen-bond donors (Lipinski definition) is 2. The van der Waals surface area contributed by atoms with Crippen molar-refractivity contribution in [2.75, 3.05) is 11.9 Å². The van der Waals surface area contributed by atoms with Gasteiger partial charge in [-0.25, -0.2) is 0 Å². The lowest BCUT2D eigenvalue weighted by molar-refractivity contribution is -0.118. The summed E-state index contributed by atoms with van der Waals surface area (Å²) in [4.78, 5) is 25.2. The molecule has 3 aromatic rings. The molecule has 2 N–H and O–H groups in total. The second kappa shape index (κ2) is 9.41. The van der Waals surface area contributed by atoms with Crippen molar-refractivity contribution in [2.24, 2.45) is 0 Å². The van der Waals surface area contributed by atoms with E-state index in [9.17, 15) is 9.59 Å². The number of furan rings is 1. The normalized spacial score (nSPS) is 11.5. The van der Waals surface area contributed by atoms with E-state index in [0.29, 0.717) is 18.7 Å². The summed E-state index contributed by atoms with van der Waals surface area (Å²) in [5.41, 5.74) is 1.56. The molecule has 1 heterocycles. The van der Waals surface area contributed by atoms with Crippen molar-refractivity contribution in [3.63, 3.8) is 0 Å². The van der Waals surface area contributed by atoms with E-state index in [2.05, 4.69) is 10.6 Å². The van der Waals surface area contributed by atoms with Crippen LogP contribution in [0.25, 0.3) is 0 Å². The van der Waals surface area contributed by atoms with Crippen molar-refractivity contribution in [1.82, 2.24) is 5.32 Å². The summed E-state index contributed by atoms with van der Waals surface area (Å²) >= 11 is 0. The van der Waals surface area contributed by atoms with E-state index >= 15 is 0 Å². The molecule has 0 aliphatic rings. The number of hydrogen-bond acceptors (Lipinski definition) is 4. The number of amides is 2. The van der Waals surface area contributed by atoms with Crippen LogP contribution in [0.1, 0.15) is 23.0 Å². The minimum absolute atomic E-state index is 0.159. The lowest BCUT2D eigenvalue weighted by atomic mass is 10.0. The Hall–Kier alpha value is -3.54. The molecule has 1 atom stereocenters. The molecule has 0 bridgehead atoms. The first-order valence-corrected chi connectivity index (χ1v) is 9.07. The number of ether oxygens (including phenoxy) is 1. The Bertz CT molecular complexity index is 890. The van der Waals surface area contributed by atoms with Crippen molar-refractivity contribution in [3.05, 3.63) is 84.3 Å². The Morgan fingerprint density at radius 3 is 2.39 bits per heavy atom. The van der Waals surface area contributed by atoms with E-state index in [-0.39, 0.29) is 11.7 Å². The van der Waals surface area contributed by atoms with Crippen molar-refractivity contribution in [2.45, 2.75) is 19.4 Å². The fourth-order valence-electron chi connectivity index (χ4n) is 2.73. The van der Waals surface area contributed by atoms with E-state index in [1.54, 1.807) is 36.4 Å². The standard InChI is InChI=1S/C22H22N2O4/c1-2-27-18-12-10-17(11-13-18)23-21(25)19(15-16-7-4-3-5-8-16)24-22(26)20-9-6-14-28-20/h3-14,19H,2,15H2,1H3,(H,23,25)(H,24,26). The highest BCUT2D eigenvalue weighted by molar-refractivity contribution is 6.00. The summed E-state index contributed by atoms with van der Waals surface area (Å²) in [6.07, 6.45) is 1.78. The zero-order chi connectivity index (χ0) is 19.8. The Morgan fingerprint density at radius 2 is 1.75 bits per heavy atom. The van der Waals surface area contributed by atoms with Gasteiger partial charge in [0.1, 0.15) is 11.8 Å². The molecule has 6 nitrogen and oxygen atoms in total. The third kappa shape index (κ3) is 5.23. The van der Waals surface area contributed by atoms with E-state index in [0.717, 1.165) is 11.3 Å². The zero-order valence-electron chi connectivity index (χ0n) is 15.6. The maximum Gasteiger partial charge on any atom is 0.287 e. The van der Waals surface area contributed by atoms with Crippen LogP contribution in [0.5, 0.6) is 5.75 Å². The Kier molecular flexibility index (Phi) is 6.46. The van der Waals surface area contributed by atoms with Crippen LogP contribution >= 0.6 is 0 Å². The third-order valence-electron chi connectivity index (χ3n) is 4.08. The molecular weight excluding hydrogens is 356 g/mol. The van der Waals surface area contributed by atoms with Crippen LogP contribution in [-0.4, -0.2) is 24.5 Å². The lowest BCUT2D eigenvalue weighted by Crippen LogP contribution is -2.45. The fraction of sp³-hybridized carbons (Fsp3) is 0.182. The molecule has 3 rings (SSSR count). The number of carbonyl (C=O) groups excluding carboxylic acids is 2. The summed E-state index contributed by atoms with van der Waals surface area (Å²) in [5, 5.41) is 5.59. The van der Waals surface area contributed by atoms with Gasteiger partial charge in [-0.2, -0.15) is 0 Å². The van der Waals surface area contributed by atoms with E-state index in [1.165, 1.54) is 6.26 Å². The molecule has 0 radical (unpaired) electrons. The first kappa shape index (κ1) is 19.2. The van der Waals surface area contributed by atoms with Gasteiger partial charge in [-0.1, -0.05) is 30.3 Å². The molecule has 2 amide bonds. The van der Waals surface area contributed by atoms with Crippen LogP contribution in [0.15, 0.2) is 77.4 Å². The predicted octanol–water partition coefficient (Wildman–Crippen LogP) is 3.66. The second-order valence-corrected chi connectivity index (χ2v) is 6.14. The van der Waals surface area contributed by atoms with Gasteiger partial charge in [0.15, 0.2) is 5.76 Å².